The molecule has 11 rings (SSSR count). The van der Waals surface area contributed by atoms with Crippen LogP contribution in [0.4, 0.5) is 17.6 Å². The SMILES string of the molecule is CC(C)(C)c1ccc(-c2c3ccc(-n4c5ccc(F)cc5c5cc(F)ccc54)cc3c(-c3ccc(C(C)(C)C)cn3)c3ccc(-n4c5ccc(F)cc5c5cc(F)ccc54)cc23)nc1. The summed E-state index contributed by atoms with van der Waals surface area (Å²) in [5, 5.41) is 6.11. The number of rotatable bonds is 4. The van der Waals surface area contributed by atoms with Crippen LogP contribution in [0.25, 0.3) is 99.0 Å². The summed E-state index contributed by atoms with van der Waals surface area (Å²) in [7, 11) is 0. The number of aromatic nitrogens is 4. The highest BCUT2D eigenvalue weighted by molar-refractivity contribution is 6.22. The smallest absolute Gasteiger partial charge is 0.123 e. The lowest BCUT2D eigenvalue weighted by atomic mass is 9.85. The van der Waals surface area contributed by atoms with Crippen LogP contribution in [0.5, 0.6) is 0 Å². The molecule has 4 nitrogen and oxygen atoms in total. The summed E-state index contributed by atoms with van der Waals surface area (Å²) in [5.74, 6) is -1.60. The molecule has 0 amide bonds. The van der Waals surface area contributed by atoms with Crippen LogP contribution in [0.3, 0.4) is 0 Å². The summed E-state index contributed by atoms with van der Waals surface area (Å²) in [6.07, 6.45) is 3.89. The molecule has 0 saturated carbocycles. The summed E-state index contributed by atoms with van der Waals surface area (Å²) in [6, 6.07) is 39.5. The molecule has 0 aliphatic carbocycles. The van der Waals surface area contributed by atoms with Gasteiger partial charge >= 0.3 is 0 Å². The maximum atomic E-state index is 14.8. The molecule has 0 fully saturated rings. The Kier molecular flexibility index (Phi) is 8.70. The third-order valence-electron chi connectivity index (χ3n) is 12.7. The van der Waals surface area contributed by atoms with Crippen LogP contribution in [-0.2, 0) is 10.8 Å². The van der Waals surface area contributed by atoms with Crippen LogP contribution >= 0.6 is 0 Å². The largest absolute Gasteiger partial charge is 0.309 e. The second-order valence-corrected chi connectivity index (χ2v) is 18.9. The fourth-order valence-electron chi connectivity index (χ4n) is 9.50. The predicted molar refractivity (Wildman–Crippen MR) is 254 cm³/mol. The Morgan fingerprint density at radius 2 is 0.672 bits per heavy atom. The summed E-state index contributed by atoms with van der Waals surface area (Å²) in [4.78, 5) is 10.3. The number of hydrogen-bond acceptors (Lipinski definition) is 2. The lowest BCUT2D eigenvalue weighted by Gasteiger charge is -2.22. The maximum Gasteiger partial charge on any atom is 0.123 e. The van der Waals surface area contributed by atoms with E-state index in [1.807, 2.05) is 24.5 Å². The van der Waals surface area contributed by atoms with Gasteiger partial charge in [-0.25, -0.2) is 17.6 Å². The Balaban J connectivity index is 1.28. The first-order chi connectivity index (χ1) is 30.6. The fraction of sp³-hybridized carbons (Fsp3) is 0.143. The van der Waals surface area contributed by atoms with Crippen molar-refractivity contribution in [2.45, 2.75) is 52.4 Å². The van der Waals surface area contributed by atoms with E-state index < -0.39 is 23.3 Å². The molecule has 0 unspecified atom stereocenters. The third kappa shape index (κ3) is 6.26. The molecule has 0 bridgehead atoms. The normalized spacial score (nSPS) is 12.5. The van der Waals surface area contributed by atoms with Crippen molar-refractivity contribution in [1.29, 1.82) is 0 Å². The summed E-state index contributed by atoms with van der Waals surface area (Å²) in [6.45, 7) is 13.0. The first-order valence-corrected chi connectivity index (χ1v) is 21.4. The van der Waals surface area contributed by atoms with E-state index in [4.69, 9.17) is 9.97 Å². The number of nitrogens with zero attached hydrogens (tertiary/aromatic N) is 4. The van der Waals surface area contributed by atoms with Crippen LogP contribution in [0, 0.1) is 23.3 Å². The van der Waals surface area contributed by atoms with E-state index in [9.17, 15) is 17.6 Å². The summed E-state index contributed by atoms with van der Waals surface area (Å²) in [5.41, 5.74) is 9.85. The highest BCUT2D eigenvalue weighted by Crippen LogP contribution is 2.46. The van der Waals surface area contributed by atoms with Crippen LogP contribution in [-0.4, -0.2) is 19.1 Å². The maximum absolute atomic E-state index is 14.8. The van der Waals surface area contributed by atoms with Crippen molar-refractivity contribution in [1.82, 2.24) is 19.1 Å². The van der Waals surface area contributed by atoms with Gasteiger partial charge < -0.3 is 9.13 Å². The Hall–Kier alpha value is -7.32. The molecule has 0 saturated heterocycles. The van der Waals surface area contributed by atoms with Crippen molar-refractivity contribution >= 4 is 65.2 Å². The topological polar surface area (TPSA) is 35.6 Å². The minimum atomic E-state index is -0.401. The van der Waals surface area contributed by atoms with Gasteiger partial charge in [0.2, 0.25) is 0 Å². The van der Waals surface area contributed by atoms with Crippen molar-refractivity contribution in [2.24, 2.45) is 0 Å². The highest BCUT2D eigenvalue weighted by atomic mass is 19.1. The minimum absolute atomic E-state index is 0.129. The first-order valence-electron chi connectivity index (χ1n) is 21.4. The van der Waals surface area contributed by atoms with Crippen molar-refractivity contribution in [3.63, 3.8) is 0 Å². The lowest BCUT2D eigenvalue weighted by Crippen LogP contribution is -2.11. The zero-order chi connectivity index (χ0) is 44.4. The Morgan fingerprint density at radius 1 is 0.344 bits per heavy atom. The molecule has 11 aromatic rings. The van der Waals surface area contributed by atoms with Gasteiger partial charge in [0, 0.05) is 56.4 Å². The van der Waals surface area contributed by atoms with Crippen molar-refractivity contribution in [2.75, 3.05) is 0 Å². The molecule has 0 atom stereocenters. The summed E-state index contributed by atoms with van der Waals surface area (Å²) < 4.78 is 63.4. The molecular formula is C56H42F4N4. The van der Waals surface area contributed by atoms with Gasteiger partial charge in [-0.15, -0.1) is 0 Å². The number of pyridine rings is 2. The molecular weight excluding hydrogens is 805 g/mol. The molecule has 0 radical (unpaired) electrons. The lowest BCUT2D eigenvalue weighted by molar-refractivity contribution is 0.587. The highest BCUT2D eigenvalue weighted by Gasteiger charge is 2.24. The molecule has 0 N–H and O–H groups in total. The number of fused-ring (bicyclic) bond motifs is 8. The van der Waals surface area contributed by atoms with E-state index in [1.54, 1.807) is 24.3 Å². The third-order valence-corrected chi connectivity index (χ3v) is 12.7. The fourth-order valence-corrected chi connectivity index (χ4v) is 9.50. The molecule has 64 heavy (non-hydrogen) atoms. The average Bonchev–Trinajstić information content (AvgIpc) is 3.75. The molecule has 8 heteroatoms. The minimum Gasteiger partial charge on any atom is -0.309 e. The zero-order valence-corrected chi connectivity index (χ0v) is 36.2. The standard InChI is InChI=1S/C56H42F4N4/c1-55(2,3)31-7-17-47(61-29-31)53-39-15-13-38(64-51-21-11-35(59)25-43(51)44-26-36(60)12-22-52(44)64)28-46(39)54(48-18-8-32(30-62-48)56(4,5)6)40-16-14-37(27-45(40)53)63-49-19-9-33(57)23-41(49)42-24-34(58)10-20-50(42)63/h7-30H,1-6H3. The van der Waals surface area contributed by atoms with Crippen LogP contribution < -0.4 is 0 Å². The van der Waals surface area contributed by atoms with E-state index in [1.165, 1.54) is 48.5 Å². The van der Waals surface area contributed by atoms with E-state index in [0.29, 0.717) is 21.5 Å². The monoisotopic (exact) mass is 846 g/mol. The van der Waals surface area contributed by atoms with Crippen molar-refractivity contribution in [3.8, 4) is 33.9 Å². The van der Waals surface area contributed by atoms with Crippen LogP contribution in [0.15, 0.2) is 146 Å². The van der Waals surface area contributed by atoms with Gasteiger partial charge in [-0.3, -0.25) is 9.97 Å². The van der Waals surface area contributed by atoms with Crippen LogP contribution in [0.1, 0.15) is 52.7 Å². The van der Waals surface area contributed by atoms with Gasteiger partial charge in [-0.1, -0.05) is 65.8 Å². The van der Waals surface area contributed by atoms with E-state index in [-0.39, 0.29) is 10.8 Å². The molecule has 0 spiro atoms. The van der Waals surface area contributed by atoms with Crippen LogP contribution in [0.2, 0.25) is 0 Å². The van der Waals surface area contributed by atoms with Gasteiger partial charge in [0.25, 0.3) is 0 Å². The van der Waals surface area contributed by atoms with Crippen molar-refractivity contribution in [3.05, 3.63) is 180 Å². The van der Waals surface area contributed by atoms with Gasteiger partial charge in [0.1, 0.15) is 23.3 Å². The quantitative estimate of drug-likeness (QED) is 0.131. The molecule has 7 aromatic carbocycles. The second-order valence-electron chi connectivity index (χ2n) is 18.9. The summed E-state index contributed by atoms with van der Waals surface area (Å²) >= 11 is 0. The molecule has 4 heterocycles. The van der Waals surface area contributed by atoms with Gasteiger partial charge in [0.15, 0.2) is 0 Å². The van der Waals surface area contributed by atoms with E-state index in [2.05, 4.69) is 99.2 Å². The van der Waals surface area contributed by atoms with E-state index >= 15 is 0 Å². The second kappa shape index (κ2) is 14.1. The molecule has 4 aromatic heterocycles. The Labute approximate surface area is 367 Å². The number of hydrogen-bond donors (Lipinski definition) is 0. The van der Waals surface area contributed by atoms with Gasteiger partial charge in [0.05, 0.1) is 33.5 Å². The van der Waals surface area contributed by atoms with E-state index in [0.717, 1.165) is 88.6 Å². The van der Waals surface area contributed by atoms with Crippen molar-refractivity contribution < 1.29 is 17.6 Å². The number of benzene rings is 7. The molecule has 0 aliphatic heterocycles. The Morgan fingerprint density at radius 3 is 0.953 bits per heavy atom. The van der Waals surface area contributed by atoms with Gasteiger partial charge in [-0.2, -0.15) is 0 Å². The Bertz CT molecular complexity index is 3350. The average molecular weight is 847 g/mol. The predicted octanol–water partition coefficient (Wildman–Crippen LogP) is 15.5. The zero-order valence-electron chi connectivity index (χ0n) is 36.2. The molecule has 0 aliphatic rings. The molecule has 314 valence electrons. The first kappa shape index (κ1) is 39.5. The van der Waals surface area contributed by atoms with Gasteiger partial charge in [-0.05, 0) is 153 Å². The number of halogens is 4.